The zero-order valence-electron chi connectivity index (χ0n) is 17.4. The Hall–Kier alpha value is -3.65. The molecule has 8 heteroatoms. The second kappa shape index (κ2) is 8.23. The summed E-state index contributed by atoms with van der Waals surface area (Å²) >= 11 is 0. The Labute approximate surface area is 180 Å². The maximum Gasteiger partial charge on any atom is 0.229 e. The van der Waals surface area contributed by atoms with Crippen molar-refractivity contribution in [2.75, 3.05) is 24.1 Å². The first-order valence-corrected chi connectivity index (χ1v) is 10.5. The molecule has 0 aliphatic carbocycles. The number of anilines is 3. The summed E-state index contributed by atoms with van der Waals surface area (Å²) in [5.74, 6) is 1.76. The molecule has 4 aromatic rings. The quantitative estimate of drug-likeness (QED) is 0.392. The molecule has 1 fully saturated rings. The van der Waals surface area contributed by atoms with Gasteiger partial charge in [0.15, 0.2) is 0 Å². The SMILES string of the molecule is Cc1c(N)nc(Nc2ccc(OC3CCNCC3)cc2)nc1-c1cccc2[nH]ncc12. The van der Waals surface area contributed by atoms with Crippen LogP contribution < -0.4 is 21.1 Å². The van der Waals surface area contributed by atoms with Crippen LogP contribution in [-0.4, -0.2) is 39.4 Å². The fraction of sp³-hybridized carbons (Fsp3) is 0.261. The first-order valence-electron chi connectivity index (χ1n) is 10.5. The van der Waals surface area contributed by atoms with Crippen molar-refractivity contribution in [3.8, 4) is 17.0 Å². The van der Waals surface area contributed by atoms with Gasteiger partial charge in [-0.05, 0) is 63.2 Å². The fourth-order valence-corrected chi connectivity index (χ4v) is 3.88. The van der Waals surface area contributed by atoms with E-state index in [1.807, 2.05) is 49.4 Å². The van der Waals surface area contributed by atoms with E-state index in [0.29, 0.717) is 11.8 Å². The number of nitrogens with zero attached hydrogens (tertiary/aromatic N) is 3. The number of hydrogen-bond donors (Lipinski definition) is 4. The number of benzene rings is 2. The van der Waals surface area contributed by atoms with Crippen molar-refractivity contribution in [2.24, 2.45) is 0 Å². The molecule has 1 aliphatic heterocycles. The minimum atomic E-state index is 0.272. The summed E-state index contributed by atoms with van der Waals surface area (Å²) in [4.78, 5) is 9.19. The molecule has 5 N–H and O–H groups in total. The molecule has 2 aromatic heterocycles. The lowest BCUT2D eigenvalue weighted by molar-refractivity contribution is 0.162. The van der Waals surface area contributed by atoms with E-state index in [9.17, 15) is 0 Å². The van der Waals surface area contributed by atoms with Crippen molar-refractivity contribution in [1.29, 1.82) is 0 Å². The van der Waals surface area contributed by atoms with Crippen LogP contribution in [0.2, 0.25) is 0 Å². The van der Waals surface area contributed by atoms with Crippen molar-refractivity contribution in [1.82, 2.24) is 25.5 Å². The highest BCUT2D eigenvalue weighted by molar-refractivity contribution is 5.94. The number of rotatable bonds is 5. The van der Waals surface area contributed by atoms with E-state index in [-0.39, 0.29) is 6.10 Å². The van der Waals surface area contributed by atoms with Gasteiger partial charge in [-0.25, -0.2) is 4.98 Å². The third-order valence-electron chi connectivity index (χ3n) is 5.62. The van der Waals surface area contributed by atoms with Gasteiger partial charge in [-0.3, -0.25) is 5.10 Å². The van der Waals surface area contributed by atoms with E-state index in [4.69, 9.17) is 15.5 Å². The number of aromatic nitrogens is 4. The second-order valence-corrected chi connectivity index (χ2v) is 7.76. The van der Waals surface area contributed by atoms with Gasteiger partial charge < -0.3 is 21.1 Å². The van der Waals surface area contributed by atoms with Crippen molar-refractivity contribution in [3.05, 3.63) is 54.2 Å². The van der Waals surface area contributed by atoms with Crippen LogP contribution in [0.15, 0.2) is 48.7 Å². The van der Waals surface area contributed by atoms with Crippen LogP contribution in [0.3, 0.4) is 0 Å². The molecule has 0 spiro atoms. The number of nitrogens with one attached hydrogen (secondary N) is 3. The summed E-state index contributed by atoms with van der Waals surface area (Å²) in [6.07, 6.45) is 4.13. The lowest BCUT2D eigenvalue weighted by atomic mass is 10.0. The highest BCUT2D eigenvalue weighted by atomic mass is 16.5. The largest absolute Gasteiger partial charge is 0.490 e. The molecule has 0 saturated carbocycles. The Bertz CT molecular complexity index is 1200. The van der Waals surface area contributed by atoms with Crippen molar-refractivity contribution >= 4 is 28.4 Å². The molecule has 8 nitrogen and oxygen atoms in total. The third kappa shape index (κ3) is 4.02. The van der Waals surface area contributed by atoms with Crippen molar-refractivity contribution in [2.45, 2.75) is 25.9 Å². The summed E-state index contributed by atoms with van der Waals surface area (Å²) in [7, 11) is 0. The number of piperidine rings is 1. The molecule has 1 saturated heterocycles. The van der Waals surface area contributed by atoms with Gasteiger partial charge in [0.1, 0.15) is 17.7 Å². The van der Waals surface area contributed by atoms with Crippen LogP contribution >= 0.6 is 0 Å². The summed E-state index contributed by atoms with van der Waals surface area (Å²) < 4.78 is 6.08. The number of nitrogens with two attached hydrogens (primary N) is 1. The summed E-state index contributed by atoms with van der Waals surface area (Å²) in [5.41, 5.74) is 10.6. The van der Waals surface area contributed by atoms with Gasteiger partial charge in [0, 0.05) is 22.2 Å². The smallest absolute Gasteiger partial charge is 0.229 e. The van der Waals surface area contributed by atoms with E-state index >= 15 is 0 Å². The maximum atomic E-state index is 6.22. The van der Waals surface area contributed by atoms with Gasteiger partial charge in [0.25, 0.3) is 0 Å². The Morgan fingerprint density at radius 3 is 2.68 bits per heavy atom. The molecule has 1 aliphatic rings. The zero-order chi connectivity index (χ0) is 21.2. The molecule has 0 bridgehead atoms. The Morgan fingerprint density at radius 1 is 1.06 bits per heavy atom. The number of H-pyrrole nitrogens is 1. The van der Waals surface area contributed by atoms with Crippen LogP contribution in [0, 0.1) is 6.92 Å². The third-order valence-corrected chi connectivity index (χ3v) is 5.62. The first-order chi connectivity index (χ1) is 15.2. The molecule has 2 aromatic carbocycles. The van der Waals surface area contributed by atoms with Gasteiger partial charge in [0.05, 0.1) is 17.4 Å². The number of fused-ring (bicyclic) bond motifs is 1. The lowest BCUT2D eigenvalue weighted by Gasteiger charge is -2.23. The highest BCUT2D eigenvalue weighted by Gasteiger charge is 2.16. The van der Waals surface area contributed by atoms with Gasteiger partial charge in [-0.2, -0.15) is 10.1 Å². The molecule has 0 atom stereocenters. The number of hydrogen-bond acceptors (Lipinski definition) is 7. The number of aromatic amines is 1. The predicted octanol–water partition coefficient (Wildman–Crippen LogP) is 3.78. The van der Waals surface area contributed by atoms with Gasteiger partial charge in [0.2, 0.25) is 5.95 Å². The van der Waals surface area contributed by atoms with Crippen LogP contribution in [0.1, 0.15) is 18.4 Å². The van der Waals surface area contributed by atoms with Crippen LogP contribution in [0.4, 0.5) is 17.5 Å². The van der Waals surface area contributed by atoms with Gasteiger partial charge >= 0.3 is 0 Å². The van der Waals surface area contributed by atoms with E-state index in [0.717, 1.165) is 65.1 Å². The number of nitrogen functional groups attached to an aromatic ring is 1. The zero-order valence-corrected chi connectivity index (χ0v) is 17.4. The molecule has 158 valence electrons. The van der Waals surface area contributed by atoms with E-state index in [2.05, 4.69) is 25.8 Å². The number of ether oxygens (including phenoxy) is 1. The molecular weight excluding hydrogens is 390 g/mol. The minimum absolute atomic E-state index is 0.272. The van der Waals surface area contributed by atoms with E-state index in [1.54, 1.807) is 6.20 Å². The van der Waals surface area contributed by atoms with Gasteiger partial charge in [-0.1, -0.05) is 12.1 Å². The summed E-state index contributed by atoms with van der Waals surface area (Å²) in [6.45, 7) is 3.94. The average Bonchev–Trinajstić information content (AvgIpc) is 3.27. The normalized spacial score (nSPS) is 14.6. The molecular formula is C23H25N7O. The molecule has 0 amide bonds. The second-order valence-electron chi connectivity index (χ2n) is 7.76. The monoisotopic (exact) mass is 415 g/mol. The maximum absolute atomic E-state index is 6.22. The Morgan fingerprint density at radius 2 is 1.87 bits per heavy atom. The summed E-state index contributed by atoms with van der Waals surface area (Å²) in [5, 5.41) is 14.8. The predicted molar refractivity (Wildman–Crippen MR) is 123 cm³/mol. The van der Waals surface area contributed by atoms with E-state index < -0.39 is 0 Å². The van der Waals surface area contributed by atoms with Gasteiger partial charge in [-0.15, -0.1) is 0 Å². The average molecular weight is 416 g/mol. The Kier molecular flexibility index (Phi) is 5.13. The standard InChI is InChI=1S/C23H25N7O/c1-14-21(18-3-2-4-20-19(18)13-26-30-20)28-23(29-22(14)24)27-15-5-7-16(8-6-15)31-17-9-11-25-12-10-17/h2-8,13,17,25H,9-12H2,1H3,(H,26,30)(H3,24,27,28,29). The topological polar surface area (TPSA) is 114 Å². The van der Waals surface area contributed by atoms with Crippen LogP contribution in [-0.2, 0) is 0 Å². The minimum Gasteiger partial charge on any atom is -0.490 e. The molecule has 5 rings (SSSR count). The first kappa shape index (κ1) is 19.3. The van der Waals surface area contributed by atoms with Crippen LogP contribution in [0.25, 0.3) is 22.2 Å². The van der Waals surface area contributed by atoms with Crippen LogP contribution in [0.5, 0.6) is 5.75 Å². The molecule has 0 unspecified atom stereocenters. The summed E-state index contributed by atoms with van der Waals surface area (Å²) in [6, 6.07) is 13.8. The molecule has 31 heavy (non-hydrogen) atoms. The van der Waals surface area contributed by atoms with E-state index in [1.165, 1.54) is 0 Å². The molecule has 0 radical (unpaired) electrons. The fourth-order valence-electron chi connectivity index (χ4n) is 3.88. The lowest BCUT2D eigenvalue weighted by Crippen LogP contribution is -2.34. The molecule has 3 heterocycles. The van der Waals surface area contributed by atoms with Crippen molar-refractivity contribution in [3.63, 3.8) is 0 Å². The van der Waals surface area contributed by atoms with Crippen molar-refractivity contribution < 1.29 is 4.74 Å². The Balaban J connectivity index is 1.39. The highest BCUT2D eigenvalue weighted by Crippen LogP contribution is 2.31.